The molecule has 0 saturated carbocycles. The average Bonchev–Trinajstić information content (AvgIpc) is 1.97. The Labute approximate surface area is 65.3 Å². The third-order valence-electron chi connectivity index (χ3n) is 1.09. The fourth-order valence-corrected chi connectivity index (χ4v) is 0.574. The average molecular weight is 156 g/mol. The van der Waals surface area contributed by atoms with Gasteiger partial charge in [0.2, 0.25) is 5.78 Å². The number of hydrogen-bond acceptors (Lipinski definition) is 5. The van der Waals surface area contributed by atoms with Crippen LogP contribution in [-0.4, -0.2) is 18.6 Å². The summed E-state index contributed by atoms with van der Waals surface area (Å²) in [5.74, 6) is -0.405. The maximum atomic E-state index is 10.4. The first-order valence-electron chi connectivity index (χ1n) is 3.34. The van der Waals surface area contributed by atoms with Gasteiger partial charge in [0.05, 0.1) is 0 Å². The third kappa shape index (κ3) is 6.93. The van der Waals surface area contributed by atoms with Crippen LogP contribution in [0.2, 0.25) is 0 Å². The number of rotatable bonds is 5. The smallest absolute Gasteiger partial charge is 0.231 e. The topological polar surface area (TPSA) is 105 Å². The van der Waals surface area contributed by atoms with E-state index in [2.05, 4.69) is 5.32 Å². The van der Waals surface area contributed by atoms with Crippen molar-refractivity contribution in [1.82, 2.24) is 5.32 Å². The summed E-state index contributed by atoms with van der Waals surface area (Å²) in [6.45, 7) is 0.561. The molecule has 0 rings (SSSR count). The highest BCUT2D eigenvalue weighted by molar-refractivity contribution is 5.93. The maximum absolute atomic E-state index is 10.4. The number of nitriles is 1. The standard InChI is InChI=1S/C6H12N4O/c7-4-5(11)2-1-3-10-6(8)9/h6,10H,1-3,8-9H2. The highest BCUT2D eigenvalue weighted by Crippen LogP contribution is 1.87. The van der Waals surface area contributed by atoms with Gasteiger partial charge in [-0.25, -0.2) is 0 Å². The van der Waals surface area contributed by atoms with E-state index >= 15 is 0 Å². The van der Waals surface area contributed by atoms with Crippen molar-refractivity contribution in [3.8, 4) is 6.07 Å². The first-order chi connectivity index (χ1) is 5.16. The summed E-state index contributed by atoms with van der Waals surface area (Å²) < 4.78 is 0. The Morgan fingerprint density at radius 3 is 2.73 bits per heavy atom. The van der Waals surface area contributed by atoms with E-state index < -0.39 is 12.1 Å². The van der Waals surface area contributed by atoms with Gasteiger partial charge < -0.3 is 11.5 Å². The highest BCUT2D eigenvalue weighted by Gasteiger charge is 1.98. The van der Waals surface area contributed by atoms with Crippen LogP contribution in [0.4, 0.5) is 0 Å². The van der Waals surface area contributed by atoms with Gasteiger partial charge in [-0.15, -0.1) is 0 Å². The van der Waals surface area contributed by atoms with E-state index in [-0.39, 0.29) is 6.42 Å². The molecule has 5 heteroatoms. The van der Waals surface area contributed by atoms with Crippen molar-refractivity contribution in [3.63, 3.8) is 0 Å². The summed E-state index contributed by atoms with van der Waals surface area (Å²) >= 11 is 0. The third-order valence-corrected chi connectivity index (χ3v) is 1.09. The molecule has 62 valence electrons. The van der Waals surface area contributed by atoms with Crippen LogP contribution in [0.3, 0.4) is 0 Å². The van der Waals surface area contributed by atoms with Crippen LogP contribution in [0.15, 0.2) is 0 Å². The van der Waals surface area contributed by atoms with Crippen LogP contribution in [-0.2, 0) is 4.79 Å². The Morgan fingerprint density at radius 1 is 1.64 bits per heavy atom. The molecule has 0 aromatic rings. The summed E-state index contributed by atoms with van der Waals surface area (Å²) in [7, 11) is 0. The van der Waals surface area contributed by atoms with Crippen LogP contribution in [0.1, 0.15) is 12.8 Å². The molecule has 0 spiro atoms. The zero-order valence-corrected chi connectivity index (χ0v) is 6.21. The first kappa shape index (κ1) is 10.0. The van der Waals surface area contributed by atoms with Crippen molar-refractivity contribution in [1.29, 1.82) is 5.26 Å². The molecule has 0 aliphatic rings. The molecule has 0 aliphatic carbocycles. The van der Waals surface area contributed by atoms with E-state index in [1.807, 2.05) is 0 Å². The van der Waals surface area contributed by atoms with Gasteiger partial charge in [0, 0.05) is 6.42 Å². The number of ketones is 1. The quantitative estimate of drug-likeness (QED) is 0.259. The van der Waals surface area contributed by atoms with Gasteiger partial charge in [0.1, 0.15) is 12.4 Å². The van der Waals surface area contributed by atoms with Crippen LogP contribution in [0.5, 0.6) is 0 Å². The Balaban J connectivity index is 3.16. The Morgan fingerprint density at radius 2 is 2.27 bits per heavy atom. The van der Waals surface area contributed by atoms with Gasteiger partial charge >= 0.3 is 0 Å². The minimum absolute atomic E-state index is 0.260. The molecule has 0 atom stereocenters. The molecule has 0 saturated heterocycles. The molecule has 0 aromatic carbocycles. The van der Waals surface area contributed by atoms with E-state index in [0.29, 0.717) is 13.0 Å². The zero-order valence-electron chi connectivity index (χ0n) is 6.21. The van der Waals surface area contributed by atoms with Crippen molar-refractivity contribution in [3.05, 3.63) is 0 Å². The van der Waals surface area contributed by atoms with Crippen LogP contribution in [0.25, 0.3) is 0 Å². The highest BCUT2D eigenvalue weighted by atomic mass is 16.1. The molecule has 0 amide bonds. The molecule has 0 aliphatic heterocycles. The van der Waals surface area contributed by atoms with Gasteiger partial charge in [-0.1, -0.05) is 0 Å². The van der Waals surface area contributed by atoms with Crippen LogP contribution >= 0.6 is 0 Å². The molecular weight excluding hydrogens is 144 g/mol. The van der Waals surface area contributed by atoms with Gasteiger partial charge in [-0.2, -0.15) is 5.26 Å². The van der Waals surface area contributed by atoms with Crippen LogP contribution < -0.4 is 16.8 Å². The molecule has 5 N–H and O–H groups in total. The number of carbonyl (C=O) groups is 1. The van der Waals surface area contributed by atoms with Gasteiger partial charge in [-0.3, -0.25) is 10.1 Å². The first-order valence-corrected chi connectivity index (χ1v) is 3.34. The molecule has 5 nitrogen and oxygen atoms in total. The van der Waals surface area contributed by atoms with E-state index in [4.69, 9.17) is 16.7 Å². The number of nitrogens with two attached hydrogens (primary N) is 2. The van der Waals surface area contributed by atoms with Crippen molar-refractivity contribution >= 4 is 5.78 Å². The molecule has 11 heavy (non-hydrogen) atoms. The fourth-order valence-electron chi connectivity index (χ4n) is 0.574. The molecule has 0 bridgehead atoms. The van der Waals surface area contributed by atoms with Crippen molar-refractivity contribution in [2.45, 2.75) is 19.1 Å². The van der Waals surface area contributed by atoms with Crippen molar-refractivity contribution in [2.24, 2.45) is 11.5 Å². The second-order valence-corrected chi connectivity index (χ2v) is 2.12. The van der Waals surface area contributed by atoms with E-state index in [1.165, 1.54) is 6.07 Å². The van der Waals surface area contributed by atoms with Crippen molar-refractivity contribution < 1.29 is 4.79 Å². The monoisotopic (exact) mass is 156 g/mol. The molecule has 0 unspecified atom stereocenters. The largest absolute Gasteiger partial charge is 0.304 e. The van der Waals surface area contributed by atoms with Gasteiger partial charge in [0.25, 0.3) is 0 Å². The second-order valence-electron chi connectivity index (χ2n) is 2.12. The summed E-state index contributed by atoms with van der Waals surface area (Å²) in [4.78, 5) is 10.4. The number of Topliss-reactive ketones (excluding diaryl/α,β-unsaturated/α-hetero) is 1. The van der Waals surface area contributed by atoms with E-state index in [9.17, 15) is 4.79 Å². The van der Waals surface area contributed by atoms with Crippen LogP contribution in [0, 0.1) is 11.3 Å². The predicted molar refractivity (Wildman–Crippen MR) is 40.0 cm³/mol. The summed E-state index contributed by atoms with van der Waals surface area (Å²) in [5.41, 5.74) is 10.3. The summed E-state index contributed by atoms with van der Waals surface area (Å²) in [6, 6.07) is 1.52. The predicted octanol–water partition coefficient (Wildman–Crippen LogP) is -1.35. The lowest BCUT2D eigenvalue weighted by atomic mass is 10.2. The van der Waals surface area contributed by atoms with E-state index in [0.717, 1.165) is 0 Å². The van der Waals surface area contributed by atoms with Gasteiger partial charge in [-0.05, 0) is 13.0 Å². The Hall–Kier alpha value is -0.960. The molecule has 0 aromatic heterocycles. The molecule has 0 fully saturated rings. The SMILES string of the molecule is N#CC(=O)CCCNC(N)N. The number of carbonyl (C=O) groups excluding carboxylic acids is 1. The molecular formula is C6H12N4O. The lowest BCUT2D eigenvalue weighted by molar-refractivity contribution is -0.114. The molecule has 0 heterocycles. The lowest BCUT2D eigenvalue weighted by Gasteiger charge is -2.05. The van der Waals surface area contributed by atoms with Gasteiger partial charge in [0.15, 0.2) is 0 Å². The minimum Gasteiger partial charge on any atom is -0.304 e. The fraction of sp³-hybridized carbons (Fsp3) is 0.667. The Bertz CT molecular complexity index is 160. The Kier molecular flexibility index (Phi) is 5.29. The number of nitrogens with one attached hydrogen (secondary N) is 1. The maximum Gasteiger partial charge on any atom is 0.231 e. The number of hydrogen-bond donors (Lipinski definition) is 3. The normalized spacial score (nSPS) is 9.64. The van der Waals surface area contributed by atoms with E-state index in [1.54, 1.807) is 0 Å². The summed E-state index contributed by atoms with van der Waals surface area (Å²) in [5, 5.41) is 10.8. The van der Waals surface area contributed by atoms with Crippen molar-refractivity contribution in [2.75, 3.05) is 6.54 Å². The second kappa shape index (κ2) is 5.80. The summed E-state index contributed by atoms with van der Waals surface area (Å²) in [6.07, 6.45) is 0.306. The minimum atomic E-state index is -0.549. The number of nitrogens with zero attached hydrogens (tertiary/aromatic N) is 1. The molecule has 0 radical (unpaired) electrons. The zero-order chi connectivity index (χ0) is 8.69. The lowest BCUT2D eigenvalue weighted by Crippen LogP contribution is -2.45.